The first kappa shape index (κ1) is 21.0. The third kappa shape index (κ3) is 5.49. The van der Waals surface area contributed by atoms with E-state index >= 15 is 0 Å². The van der Waals surface area contributed by atoms with Crippen molar-refractivity contribution in [3.8, 4) is 0 Å². The second-order valence-corrected chi connectivity index (χ2v) is 9.27. The highest BCUT2D eigenvalue weighted by molar-refractivity contribution is 5.84. The highest BCUT2D eigenvalue weighted by Crippen LogP contribution is 2.37. The van der Waals surface area contributed by atoms with Crippen LogP contribution in [0.3, 0.4) is 0 Å². The van der Waals surface area contributed by atoms with E-state index < -0.39 is 10.8 Å². The molecule has 4 heteroatoms. The van der Waals surface area contributed by atoms with Gasteiger partial charge < -0.3 is 9.64 Å². The number of hydrogen-bond donors (Lipinski definition) is 0. The monoisotopic (exact) mass is 339 g/mol. The minimum atomic E-state index is -0.667. The molecule has 0 aromatic heterocycles. The van der Waals surface area contributed by atoms with Gasteiger partial charge in [-0.05, 0) is 58.8 Å². The summed E-state index contributed by atoms with van der Waals surface area (Å²) in [6.45, 7) is 17.5. The molecule has 1 heterocycles. The maximum atomic E-state index is 13.0. The van der Waals surface area contributed by atoms with Crippen LogP contribution in [0.15, 0.2) is 0 Å². The van der Waals surface area contributed by atoms with Crippen molar-refractivity contribution in [1.29, 1.82) is 0 Å². The standard InChI is InChI=1S/C20H37NO3/c1-14(2)16-9-11-21(12-10-16)17(22)19(5,6)13-20(7,8)18(23)24-15(3)4/h14-16H,9-13H2,1-8H3. The number of ether oxygens (including phenoxy) is 1. The molecular weight excluding hydrogens is 302 g/mol. The molecule has 0 saturated carbocycles. The predicted octanol–water partition coefficient (Wildman–Crippen LogP) is 4.28. The van der Waals surface area contributed by atoms with Gasteiger partial charge in [0.2, 0.25) is 5.91 Å². The van der Waals surface area contributed by atoms with Gasteiger partial charge in [0.1, 0.15) is 0 Å². The van der Waals surface area contributed by atoms with Gasteiger partial charge in [-0.1, -0.05) is 27.7 Å². The van der Waals surface area contributed by atoms with Gasteiger partial charge in [0.25, 0.3) is 0 Å². The van der Waals surface area contributed by atoms with Crippen LogP contribution in [-0.2, 0) is 14.3 Å². The summed E-state index contributed by atoms with van der Waals surface area (Å²) in [5.74, 6) is 1.33. The molecule has 0 aliphatic carbocycles. The van der Waals surface area contributed by atoms with E-state index in [9.17, 15) is 9.59 Å². The molecule has 1 saturated heterocycles. The molecule has 0 unspecified atom stereocenters. The average molecular weight is 340 g/mol. The minimum absolute atomic E-state index is 0.134. The molecule has 0 N–H and O–H groups in total. The summed E-state index contributed by atoms with van der Waals surface area (Å²) in [6.07, 6.45) is 2.52. The Bertz CT molecular complexity index is 444. The highest BCUT2D eigenvalue weighted by atomic mass is 16.5. The lowest BCUT2D eigenvalue weighted by Crippen LogP contribution is -2.47. The third-order valence-electron chi connectivity index (χ3n) is 5.13. The molecule has 0 bridgehead atoms. The number of esters is 1. The van der Waals surface area contributed by atoms with Crippen LogP contribution in [0, 0.1) is 22.7 Å². The van der Waals surface area contributed by atoms with Gasteiger partial charge in [-0.25, -0.2) is 0 Å². The zero-order chi connectivity index (χ0) is 18.7. The SMILES string of the molecule is CC(C)OC(=O)C(C)(C)CC(C)(C)C(=O)N1CCC(C(C)C)CC1. The molecule has 1 amide bonds. The summed E-state index contributed by atoms with van der Waals surface area (Å²) in [6, 6.07) is 0. The molecule has 1 rings (SSSR count). The van der Waals surface area contributed by atoms with Crippen molar-refractivity contribution in [2.45, 2.75) is 80.8 Å². The van der Waals surface area contributed by atoms with Crippen molar-refractivity contribution in [3.05, 3.63) is 0 Å². The summed E-state index contributed by atoms with van der Waals surface area (Å²) in [4.78, 5) is 27.3. The van der Waals surface area contributed by atoms with Crippen LogP contribution in [0.4, 0.5) is 0 Å². The first-order valence-corrected chi connectivity index (χ1v) is 9.37. The Hall–Kier alpha value is -1.06. The van der Waals surface area contributed by atoms with E-state index in [-0.39, 0.29) is 18.0 Å². The van der Waals surface area contributed by atoms with E-state index in [1.54, 1.807) is 0 Å². The Morgan fingerprint density at radius 3 is 1.92 bits per heavy atom. The van der Waals surface area contributed by atoms with Crippen molar-refractivity contribution in [3.63, 3.8) is 0 Å². The van der Waals surface area contributed by atoms with Gasteiger partial charge in [0.05, 0.1) is 11.5 Å². The summed E-state index contributed by atoms with van der Waals surface area (Å²) in [5.41, 5.74) is -1.23. The number of hydrogen-bond acceptors (Lipinski definition) is 3. The minimum Gasteiger partial charge on any atom is -0.463 e. The van der Waals surface area contributed by atoms with Crippen LogP contribution >= 0.6 is 0 Å². The van der Waals surface area contributed by atoms with Crippen LogP contribution in [0.5, 0.6) is 0 Å². The van der Waals surface area contributed by atoms with Crippen LogP contribution in [0.1, 0.15) is 74.7 Å². The fourth-order valence-electron chi connectivity index (χ4n) is 3.82. The lowest BCUT2D eigenvalue weighted by atomic mass is 9.73. The fraction of sp³-hybridized carbons (Fsp3) is 0.900. The molecule has 140 valence electrons. The van der Waals surface area contributed by atoms with Crippen LogP contribution in [0.2, 0.25) is 0 Å². The van der Waals surface area contributed by atoms with Crippen molar-refractivity contribution < 1.29 is 14.3 Å². The third-order valence-corrected chi connectivity index (χ3v) is 5.13. The number of amides is 1. The van der Waals surface area contributed by atoms with Crippen molar-refractivity contribution in [1.82, 2.24) is 4.90 Å². The Labute approximate surface area is 148 Å². The van der Waals surface area contributed by atoms with Gasteiger partial charge in [0, 0.05) is 18.5 Å². The number of carbonyl (C=O) groups is 2. The van der Waals surface area contributed by atoms with Gasteiger partial charge in [-0.3, -0.25) is 9.59 Å². The number of carbonyl (C=O) groups excluding carboxylic acids is 2. The second-order valence-electron chi connectivity index (χ2n) is 9.27. The van der Waals surface area contributed by atoms with Gasteiger partial charge >= 0.3 is 5.97 Å². The smallest absolute Gasteiger partial charge is 0.311 e. The number of nitrogens with zero attached hydrogens (tertiary/aromatic N) is 1. The van der Waals surface area contributed by atoms with Crippen molar-refractivity contribution >= 4 is 11.9 Å². The first-order chi connectivity index (χ1) is 10.9. The molecule has 1 aliphatic heterocycles. The molecule has 0 aromatic rings. The maximum absolute atomic E-state index is 13.0. The molecule has 0 aromatic carbocycles. The Balaban J connectivity index is 2.70. The van der Waals surface area contributed by atoms with E-state index in [0.717, 1.165) is 31.8 Å². The van der Waals surface area contributed by atoms with Crippen molar-refractivity contribution in [2.24, 2.45) is 22.7 Å². The zero-order valence-corrected chi connectivity index (χ0v) is 16.9. The van der Waals surface area contributed by atoms with E-state index in [1.807, 2.05) is 46.4 Å². The average Bonchev–Trinajstić information content (AvgIpc) is 2.44. The summed E-state index contributed by atoms with van der Waals surface area (Å²) < 4.78 is 5.36. The van der Waals surface area contributed by atoms with Crippen LogP contribution in [0.25, 0.3) is 0 Å². The quantitative estimate of drug-likeness (QED) is 0.679. The summed E-state index contributed by atoms with van der Waals surface area (Å²) in [5, 5.41) is 0. The lowest BCUT2D eigenvalue weighted by Gasteiger charge is -2.40. The summed E-state index contributed by atoms with van der Waals surface area (Å²) >= 11 is 0. The van der Waals surface area contributed by atoms with Gasteiger partial charge in [-0.15, -0.1) is 0 Å². The molecule has 0 spiro atoms. The van der Waals surface area contributed by atoms with Crippen LogP contribution < -0.4 is 0 Å². The zero-order valence-electron chi connectivity index (χ0n) is 16.9. The number of piperidine rings is 1. The van der Waals surface area contributed by atoms with E-state index in [4.69, 9.17) is 4.74 Å². The largest absolute Gasteiger partial charge is 0.463 e. The molecule has 1 aliphatic rings. The molecule has 24 heavy (non-hydrogen) atoms. The Kier molecular flexibility index (Phi) is 6.89. The number of rotatable bonds is 6. The maximum Gasteiger partial charge on any atom is 0.311 e. The molecular formula is C20H37NO3. The van der Waals surface area contributed by atoms with Crippen LogP contribution in [-0.4, -0.2) is 36.0 Å². The topological polar surface area (TPSA) is 46.6 Å². The van der Waals surface area contributed by atoms with E-state index in [1.165, 1.54) is 0 Å². The highest BCUT2D eigenvalue weighted by Gasteiger charge is 2.42. The molecule has 4 nitrogen and oxygen atoms in total. The number of likely N-dealkylation sites (tertiary alicyclic amines) is 1. The lowest BCUT2D eigenvalue weighted by molar-refractivity contribution is -0.161. The van der Waals surface area contributed by atoms with Gasteiger partial charge in [-0.2, -0.15) is 0 Å². The van der Waals surface area contributed by atoms with E-state index in [0.29, 0.717) is 12.3 Å². The molecule has 1 fully saturated rings. The fourth-order valence-corrected chi connectivity index (χ4v) is 3.82. The Morgan fingerprint density at radius 2 is 1.50 bits per heavy atom. The van der Waals surface area contributed by atoms with E-state index in [2.05, 4.69) is 13.8 Å². The predicted molar refractivity (Wildman–Crippen MR) is 97.5 cm³/mol. The second kappa shape index (κ2) is 7.88. The first-order valence-electron chi connectivity index (χ1n) is 9.37. The Morgan fingerprint density at radius 1 is 1.00 bits per heavy atom. The molecule has 0 atom stereocenters. The molecule has 0 radical (unpaired) electrons. The van der Waals surface area contributed by atoms with Gasteiger partial charge in [0.15, 0.2) is 0 Å². The van der Waals surface area contributed by atoms with Crippen molar-refractivity contribution in [2.75, 3.05) is 13.1 Å². The normalized spacial score (nSPS) is 17.5. The summed E-state index contributed by atoms with van der Waals surface area (Å²) in [7, 11) is 0.